The van der Waals surface area contributed by atoms with E-state index in [1.165, 1.54) is 17.4 Å². The van der Waals surface area contributed by atoms with Crippen LogP contribution in [0.25, 0.3) is 0 Å². The molecule has 2 heterocycles. The molecule has 4 nitrogen and oxygen atoms in total. The first-order chi connectivity index (χ1) is 8.58. The van der Waals surface area contributed by atoms with Crippen molar-refractivity contribution in [2.45, 2.75) is 13.3 Å². The average Bonchev–Trinajstić information content (AvgIpc) is 2.75. The molecule has 0 saturated carbocycles. The van der Waals surface area contributed by atoms with Crippen LogP contribution >= 0.6 is 34.5 Å². The van der Waals surface area contributed by atoms with Crippen LogP contribution in [0, 0.1) is 0 Å². The number of anilines is 1. The van der Waals surface area contributed by atoms with E-state index in [1.807, 2.05) is 13.0 Å². The second-order valence-electron chi connectivity index (χ2n) is 3.42. The van der Waals surface area contributed by atoms with Gasteiger partial charge in [-0.25, -0.2) is 9.97 Å². The molecule has 18 heavy (non-hydrogen) atoms. The minimum absolute atomic E-state index is 0.00164. The molecule has 1 amide bonds. The number of thiophene rings is 1. The first kappa shape index (κ1) is 13.3. The third kappa shape index (κ3) is 3.19. The standard InChI is InChI=1S/C11H9Cl2N3OS/c1-2-6-3-4-7(18-6)10(17)15-9-5-8(12)14-11(13)16-9/h3-5H,2H2,1H3,(H,14,15,16,17). The third-order valence-corrected chi connectivity index (χ3v) is 3.73. The number of amides is 1. The molecular weight excluding hydrogens is 293 g/mol. The van der Waals surface area contributed by atoms with E-state index in [4.69, 9.17) is 23.2 Å². The minimum atomic E-state index is -0.231. The van der Waals surface area contributed by atoms with Gasteiger partial charge in [-0.1, -0.05) is 18.5 Å². The number of carbonyl (C=O) groups excluding carboxylic acids is 1. The Morgan fingerprint density at radius 1 is 1.39 bits per heavy atom. The number of carbonyl (C=O) groups is 1. The van der Waals surface area contributed by atoms with Gasteiger partial charge in [0.25, 0.3) is 5.91 Å². The lowest BCUT2D eigenvalue weighted by atomic mass is 10.3. The summed E-state index contributed by atoms with van der Waals surface area (Å²) in [6, 6.07) is 5.16. The summed E-state index contributed by atoms with van der Waals surface area (Å²) in [5, 5.41) is 2.81. The van der Waals surface area contributed by atoms with Crippen LogP contribution in [-0.2, 0) is 6.42 Å². The summed E-state index contributed by atoms with van der Waals surface area (Å²) in [5.74, 6) is 0.0574. The molecule has 2 aromatic heterocycles. The predicted octanol–water partition coefficient (Wildman–Crippen LogP) is 3.66. The van der Waals surface area contributed by atoms with Crippen molar-refractivity contribution < 1.29 is 4.79 Å². The Balaban J connectivity index is 2.15. The highest BCUT2D eigenvalue weighted by Crippen LogP contribution is 2.19. The molecule has 0 aliphatic carbocycles. The lowest BCUT2D eigenvalue weighted by Crippen LogP contribution is -2.11. The van der Waals surface area contributed by atoms with E-state index >= 15 is 0 Å². The largest absolute Gasteiger partial charge is 0.306 e. The molecular formula is C11H9Cl2N3OS. The summed E-state index contributed by atoms with van der Waals surface area (Å²) >= 11 is 12.8. The number of nitrogens with one attached hydrogen (secondary N) is 1. The molecule has 0 aliphatic heterocycles. The molecule has 1 N–H and O–H groups in total. The summed E-state index contributed by atoms with van der Waals surface area (Å²) in [6.45, 7) is 2.04. The topological polar surface area (TPSA) is 54.9 Å². The molecule has 94 valence electrons. The first-order valence-electron chi connectivity index (χ1n) is 5.18. The molecule has 0 radical (unpaired) electrons. The number of halogens is 2. The Bertz CT molecular complexity index is 565. The fourth-order valence-electron chi connectivity index (χ4n) is 1.32. The van der Waals surface area contributed by atoms with Crippen molar-refractivity contribution >= 4 is 46.3 Å². The molecule has 0 aliphatic rings. The van der Waals surface area contributed by atoms with Crippen LogP contribution in [0.4, 0.5) is 5.82 Å². The van der Waals surface area contributed by atoms with Gasteiger partial charge in [0.2, 0.25) is 5.28 Å². The van der Waals surface area contributed by atoms with Gasteiger partial charge in [0.1, 0.15) is 11.0 Å². The fourth-order valence-corrected chi connectivity index (χ4v) is 2.57. The quantitative estimate of drug-likeness (QED) is 0.695. The Kier molecular flexibility index (Phi) is 4.16. The predicted molar refractivity (Wildman–Crippen MR) is 73.7 cm³/mol. The normalized spacial score (nSPS) is 10.4. The smallest absolute Gasteiger partial charge is 0.266 e. The Morgan fingerprint density at radius 3 is 2.78 bits per heavy atom. The van der Waals surface area contributed by atoms with Gasteiger partial charge >= 0.3 is 0 Å². The number of aryl methyl sites for hydroxylation is 1. The molecule has 0 aromatic carbocycles. The van der Waals surface area contributed by atoms with Crippen molar-refractivity contribution in [1.29, 1.82) is 0 Å². The number of rotatable bonds is 3. The zero-order chi connectivity index (χ0) is 13.1. The lowest BCUT2D eigenvalue weighted by Gasteiger charge is -2.03. The van der Waals surface area contributed by atoms with E-state index in [-0.39, 0.29) is 22.2 Å². The van der Waals surface area contributed by atoms with Gasteiger partial charge in [0.05, 0.1) is 4.88 Å². The summed E-state index contributed by atoms with van der Waals surface area (Å²) < 4.78 is 0. The Labute approximate surface area is 118 Å². The van der Waals surface area contributed by atoms with Gasteiger partial charge in [0.15, 0.2) is 0 Å². The van der Waals surface area contributed by atoms with Crippen LogP contribution in [0.2, 0.25) is 10.4 Å². The maximum atomic E-state index is 11.9. The van der Waals surface area contributed by atoms with Crippen LogP contribution in [0.15, 0.2) is 18.2 Å². The third-order valence-electron chi connectivity index (χ3n) is 2.14. The zero-order valence-corrected chi connectivity index (χ0v) is 11.7. The van der Waals surface area contributed by atoms with Gasteiger partial charge in [-0.2, -0.15) is 0 Å². The summed E-state index contributed by atoms with van der Waals surface area (Å²) in [4.78, 5) is 21.3. The minimum Gasteiger partial charge on any atom is -0.306 e. The highest BCUT2D eigenvalue weighted by molar-refractivity contribution is 7.14. The van der Waals surface area contributed by atoms with Crippen LogP contribution in [0.3, 0.4) is 0 Å². The van der Waals surface area contributed by atoms with E-state index in [1.54, 1.807) is 6.07 Å². The number of hydrogen-bond donors (Lipinski definition) is 1. The molecule has 0 atom stereocenters. The molecule has 0 fully saturated rings. The average molecular weight is 302 g/mol. The van der Waals surface area contributed by atoms with E-state index in [0.29, 0.717) is 4.88 Å². The Morgan fingerprint density at radius 2 is 2.17 bits per heavy atom. The van der Waals surface area contributed by atoms with Crippen molar-refractivity contribution in [1.82, 2.24) is 9.97 Å². The van der Waals surface area contributed by atoms with Gasteiger partial charge in [-0.3, -0.25) is 4.79 Å². The molecule has 0 saturated heterocycles. The fraction of sp³-hybridized carbons (Fsp3) is 0.182. The lowest BCUT2D eigenvalue weighted by molar-refractivity contribution is 0.103. The molecule has 2 aromatic rings. The zero-order valence-electron chi connectivity index (χ0n) is 9.41. The van der Waals surface area contributed by atoms with Crippen LogP contribution < -0.4 is 5.32 Å². The van der Waals surface area contributed by atoms with E-state index in [0.717, 1.165) is 11.3 Å². The van der Waals surface area contributed by atoms with Crippen LogP contribution in [0.5, 0.6) is 0 Å². The van der Waals surface area contributed by atoms with Crippen molar-refractivity contribution in [3.05, 3.63) is 38.4 Å². The summed E-state index contributed by atoms with van der Waals surface area (Å²) in [5.41, 5.74) is 0. The SMILES string of the molecule is CCc1ccc(C(=O)Nc2cc(Cl)nc(Cl)n2)s1. The van der Waals surface area contributed by atoms with E-state index in [9.17, 15) is 4.79 Å². The van der Waals surface area contributed by atoms with Crippen molar-refractivity contribution in [3.8, 4) is 0 Å². The van der Waals surface area contributed by atoms with Gasteiger partial charge in [0, 0.05) is 10.9 Å². The van der Waals surface area contributed by atoms with Gasteiger partial charge in [-0.15, -0.1) is 11.3 Å². The number of hydrogen-bond acceptors (Lipinski definition) is 4. The molecule has 0 unspecified atom stereocenters. The Hall–Kier alpha value is -1.17. The summed E-state index contributed by atoms with van der Waals surface area (Å²) in [6.07, 6.45) is 0.906. The van der Waals surface area contributed by atoms with E-state index < -0.39 is 0 Å². The highest BCUT2D eigenvalue weighted by Gasteiger charge is 2.11. The molecule has 0 spiro atoms. The van der Waals surface area contributed by atoms with Crippen LogP contribution in [0.1, 0.15) is 21.5 Å². The second-order valence-corrected chi connectivity index (χ2v) is 5.31. The molecule has 7 heteroatoms. The van der Waals surface area contributed by atoms with E-state index in [2.05, 4.69) is 15.3 Å². The monoisotopic (exact) mass is 301 g/mol. The van der Waals surface area contributed by atoms with Gasteiger partial charge in [-0.05, 0) is 30.2 Å². The first-order valence-corrected chi connectivity index (χ1v) is 6.76. The maximum Gasteiger partial charge on any atom is 0.266 e. The second kappa shape index (κ2) is 5.65. The van der Waals surface area contributed by atoms with Crippen molar-refractivity contribution in [3.63, 3.8) is 0 Å². The summed E-state index contributed by atoms with van der Waals surface area (Å²) in [7, 11) is 0. The number of aromatic nitrogens is 2. The van der Waals surface area contributed by atoms with Crippen molar-refractivity contribution in [2.24, 2.45) is 0 Å². The van der Waals surface area contributed by atoms with Crippen molar-refractivity contribution in [2.75, 3.05) is 5.32 Å². The molecule has 2 rings (SSSR count). The maximum absolute atomic E-state index is 11.9. The highest BCUT2D eigenvalue weighted by atomic mass is 35.5. The molecule has 0 bridgehead atoms. The van der Waals surface area contributed by atoms with Crippen LogP contribution in [-0.4, -0.2) is 15.9 Å². The number of nitrogens with zero attached hydrogens (tertiary/aromatic N) is 2. The van der Waals surface area contributed by atoms with Gasteiger partial charge < -0.3 is 5.32 Å².